The highest BCUT2D eigenvalue weighted by atomic mass is 16.3. The monoisotopic (exact) mass is 253 g/mol. The Labute approximate surface area is 114 Å². The van der Waals surface area contributed by atoms with Crippen molar-refractivity contribution >= 4 is 5.69 Å². The topological polar surface area (TPSA) is 23.2 Å². The first-order valence-corrected chi connectivity index (χ1v) is 6.73. The van der Waals surface area contributed by atoms with Gasteiger partial charge in [-0.1, -0.05) is 48.5 Å². The lowest BCUT2D eigenvalue weighted by atomic mass is 9.97. The maximum absolute atomic E-state index is 10.2. The molecule has 0 spiro atoms. The van der Waals surface area contributed by atoms with Crippen LogP contribution >= 0.6 is 0 Å². The summed E-state index contributed by atoms with van der Waals surface area (Å²) in [5.74, 6) is 0. The highest BCUT2D eigenvalue weighted by Crippen LogP contribution is 2.57. The molecule has 1 N–H and O–H groups in total. The van der Waals surface area contributed by atoms with Gasteiger partial charge in [0.15, 0.2) is 0 Å². The Hall–Kier alpha value is -1.80. The van der Waals surface area contributed by atoms with Gasteiger partial charge in [0.05, 0.1) is 17.7 Å². The average molecular weight is 253 g/mol. The Morgan fingerprint density at radius 1 is 1.00 bits per heavy atom. The number of hydrogen-bond donors (Lipinski definition) is 1. The zero-order valence-corrected chi connectivity index (χ0v) is 11.3. The van der Waals surface area contributed by atoms with Crippen molar-refractivity contribution in [2.75, 3.05) is 4.90 Å². The maximum Gasteiger partial charge on any atom is 0.0881 e. The Balaban J connectivity index is 2.00. The van der Waals surface area contributed by atoms with E-state index in [0.717, 1.165) is 0 Å². The van der Waals surface area contributed by atoms with Crippen molar-refractivity contribution in [3.63, 3.8) is 0 Å². The zero-order valence-electron chi connectivity index (χ0n) is 11.3. The van der Waals surface area contributed by atoms with Crippen LogP contribution in [-0.2, 0) is 0 Å². The maximum atomic E-state index is 10.2. The molecule has 1 aliphatic heterocycles. The Morgan fingerprint density at radius 2 is 1.53 bits per heavy atom. The van der Waals surface area contributed by atoms with Gasteiger partial charge in [-0.2, -0.15) is 0 Å². The average Bonchev–Trinajstić information content (AvgIpc) is 3.09. The first-order chi connectivity index (χ1) is 9.15. The Bertz CT molecular complexity index is 504. The molecule has 0 radical (unpaired) electrons. The van der Waals surface area contributed by atoms with E-state index < -0.39 is 0 Å². The smallest absolute Gasteiger partial charge is 0.0881 e. The van der Waals surface area contributed by atoms with Gasteiger partial charge in [-0.15, -0.1) is 0 Å². The summed E-state index contributed by atoms with van der Waals surface area (Å²) in [5, 5.41) is 10.2. The molecule has 0 aromatic heterocycles. The minimum Gasteiger partial charge on any atom is -0.391 e. The second-order valence-corrected chi connectivity index (χ2v) is 5.42. The number of nitrogens with zero attached hydrogens (tertiary/aromatic N) is 1. The van der Waals surface area contributed by atoms with Gasteiger partial charge in [0.1, 0.15) is 0 Å². The Kier molecular flexibility index (Phi) is 2.83. The Morgan fingerprint density at radius 3 is 2.05 bits per heavy atom. The number of hydrogen-bond acceptors (Lipinski definition) is 2. The molecule has 2 aromatic rings. The summed E-state index contributed by atoms with van der Waals surface area (Å²) >= 11 is 0. The molecule has 1 unspecified atom stereocenters. The first-order valence-electron chi connectivity index (χ1n) is 6.73. The molecule has 2 aromatic carbocycles. The molecule has 1 aliphatic rings. The summed E-state index contributed by atoms with van der Waals surface area (Å²) < 4.78 is 0. The number of aliphatic hydroxyl groups is 1. The lowest BCUT2D eigenvalue weighted by Gasteiger charge is -2.15. The van der Waals surface area contributed by atoms with E-state index in [1.807, 2.05) is 31.2 Å². The van der Waals surface area contributed by atoms with E-state index in [2.05, 4.69) is 48.2 Å². The van der Waals surface area contributed by atoms with Crippen molar-refractivity contribution in [3.8, 4) is 0 Å². The second kappa shape index (κ2) is 4.39. The summed E-state index contributed by atoms with van der Waals surface area (Å²) in [5.41, 5.74) is 2.21. The molecule has 1 saturated heterocycles. The molecule has 3 rings (SSSR count). The van der Waals surface area contributed by atoms with Crippen LogP contribution in [0.15, 0.2) is 60.7 Å². The van der Waals surface area contributed by atoms with E-state index >= 15 is 0 Å². The fourth-order valence-corrected chi connectivity index (χ4v) is 2.97. The zero-order chi connectivity index (χ0) is 13.5. The van der Waals surface area contributed by atoms with Gasteiger partial charge < -0.3 is 10.0 Å². The molecule has 1 fully saturated rings. The van der Waals surface area contributed by atoms with Gasteiger partial charge in [-0.25, -0.2) is 0 Å². The minimum atomic E-state index is -0.377. The van der Waals surface area contributed by atoms with Crippen molar-refractivity contribution in [1.82, 2.24) is 0 Å². The van der Waals surface area contributed by atoms with Crippen LogP contribution in [0.2, 0.25) is 0 Å². The van der Waals surface area contributed by atoms with E-state index in [9.17, 15) is 5.11 Å². The van der Waals surface area contributed by atoms with E-state index in [-0.39, 0.29) is 17.7 Å². The summed E-state index contributed by atoms with van der Waals surface area (Å²) in [6, 6.07) is 20.9. The van der Waals surface area contributed by atoms with Gasteiger partial charge in [-0.3, -0.25) is 0 Å². The standard InChI is InChI=1S/C17H19NO/c1-13(19)17(2)16(14-9-5-3-6-10-14)18(17)15-11-7-4-8-12-15/h3-13,16,19H,1-2H3/t13?,16-,17-,18?/m1/s1. The van der Waals surface area contributed by atoms with E-state index in [1.54, 1.807) is 0 Å². The van der Waals surface area contributed by atoms with E-state index in [4.69, 9.17) is 0 Å². The molecular weight excluding hydrogens is 234 g/mol. The number of aliphatic hydroxyl groups excluding tert-OH is 1. The van der Waals surface area contributed by atoms with E-state index in [1.165, 1.54) is 11.3 Å². The lowest BCUT2D eigenvalue weighted by molar-refractivity contribution is 0.156. The van der Waals surface area contributed by atoms with Crippen molar-refractivity contribution in [2.24, 2.45) is 0 Å². The van der Waals surface area contributed by atoms with Crippen LogP contribution in [0, 0.1) is 0 Å². The highest BCUT2D eigenvalue weighted by Gasteiger charge is 2.62. The highest BCUT2D eigenvalue weighted by molar-refractivity contribution is 5.63. The third kappa shape index (κ3) is 1.83. The van der Waals surface area contributed by atoms with Crippen LogP contribution in [0.3, 0.4) is 0 Å². The second-order valence-electron chi connectivity index (χ2n) is 5.42. The van der Waals surface area contributed by atoms with Crippen LogP contribution in [-0.4, -0.2) is 16.7 Å². The van der Waals surface area contributed by atoms with Gasteiger partial charge in [0.2, 0.25) is 0 Å². The minimum absolute atomic E-state index is 0.220. The van der Waals surface area contributed by atoms with Crippen molar-refractivity contribution in [3.05, 3.63) is 66.2 Å². The molecule has 2 heteroatoms. The molecule has 19 heavy (non-hydrogen) atoms. The normalized spacial score (nSPS) is 27.1. The van der Waals surface area contributed by atoms with Crippen LogP contribution in [0.25, 0.3) is 0 Å². The van der Waals surface area contributed by atoms with Crippen LogP contribution < -0.4 is 4.90 Å². The third-order valence-corrected chi connectivity index (χ3v) is 4.26. The van der Waals surface area contributed by atoms with Crippen molar-refractivity contribution in [1.29, 1.82) is 0 Å². The van der Waals surface area contributed by atoms with Crippen LogP contribution in [0.4, 0.5) is 5.69 Å². The fraction of sp³-hybridized carbons (Fsp3) is 0.294. The molecule has 0 amide bonds. The first kappa shape index (κ1) is 12.2. The number of benzene rings is 2. The fourth-order valence-electron chi connectivity index (χ4n) is 2.97. The molecule has 0 aliphatic carbocycles. The van der Waals surface area contributed by atoms with Gasteiger partial charge in [-0.05, 0) is 31.5 Å². The third-order valence-electron chi connectivity index (χ3n) is 4.26. The quantitative estimate of drug-likeness (QED) is 0.847. The molecule has 98 valence electrons. The summed E-state index contributed by atoms with van der Waals surface area (Å²) in [6.45, 7) is 4.00. The molecular formula is C17H19NO. The largest absolute Gasteiger partial charge is 0.391 e. The molecule has 0 bridgehead atoms. The molecule has 2 nitrogen and oxygen atoms in total. The molecule has 0 saturated carbocycles. The number of para-hydroxylation sites is 1. The SMILES string of the molecule is CC(O)[C@]1(C)[C@@H](c2ccccc2)N1c1ccccc1. The predicted molar refractivity (Wildman–Crippen MR) is 78.2 cm³/mol. The van der Waals surface area contributed by atoms with Crippen LogP contribution in [0.5, 0.6) is 0 Å². The van der Waals surface area contributed by atoms with E-state index in [0.29, 0.717) is 0 Å². The summed E-state index contributed by atoms with van der Waals surface area (Å²) in [6.07, 6.45) is -0.377. The van der Waals surface area contributed by atoms with Gasteiger partial charge in [0.25, 0.3) is 0 Å². The van der Waals surface area contributed by atoms with Gasteiger partial charge >= 0.3 is 0 Å². The summed E-state index contributed by atoms with van der Waals surface area (Å²) in [4.78, 5) is 2.30. The molecule has 1 heterocycles. The predicted octanol–water partition coefficient (Wildman–Crippen LogP) is 3.39. The number of rotatable bonds is 3. The van der Waals surface area contributed by atoms with Crippen molar-refractivity contribution < 1.29 is 5.11 Å². The van der Waals surface area contributed by atoms with Gasteiger partial charge in [0, 0.05) is 5.69 Å². The molecule has 3 atom stereocenters. The van der Waals surface area contributed by atoms with Crippen molar-refractivity contribution in [2.45, 2.75) is 31.5 Å². The summed E-state index contributed by atoms with van der Waals surface area (Å²) in [7, 11) is 0. The number of anilines is 1. The lowest BCUT2D eigenvalue weighted by Crippen LogP contribution is -2.28. The van der Waals surface area contributed by atoms with Crippen LogP contribution in [0.1, 0.15) is 25.5 Å².